The highest BCUT2D eigenvalue weighted by atomic mass is 16.6. The second kappa shape index (κ2) is 4.49. The van der Waals surface area contributed by atoms with Crippen LogP contribution in [0.2, 0.25) is 0 Å². The van der Waals surface area contributed by atoms with Crippen LogP contribution in [0.15, 0.2) is 0 Å². The monoisotopic (exact) mass is 213 g/mol. The minimum atomic E-state index is -0.332. The van der Waals surface area contributed by atoms with Crippen LogP contribution in [0.4, 0.5) is 0 Å². The summed E-state index contributed by atoms with van der Waals surface area (Å²) in [6, 6.07) is 0. The third-order valence-corrected chi connectivity index (χ3v) is 3.25. The first-order chi connectivity index (χ1) is 7.21. The van der Waals surface area contributed by atoms with Crippen LogP contribution in [0.1, 0.15) is 26.2 Å². The van der Waals surface area contributed by atoms with E-state index in [-0.39, 0.29) is 17.5 Å². The van der Waals surface area contributed by atoms with Crippen molar-refractivity contribution < 1.29 is 14.3 Å². The molecular weight excluding hydrogens is 194 g/mol. The highest BCUT2D eigenvalue weighted by molar-refractivity contribution is 5.77. The van der Waals surface area contributed by atoms with Gasteiger partial charge in [-0.2, -0.15) is 0 Å². The molecule has 2 atom stereocenters. The fourth-order valence-corrected chi connectivity index (χ4v) is 2.13. The number of carbonyl (C=O) groups is 1. The fourth-order valence-electron chi connectivity index (χ4n) is 2.13. The molecule has 0 aromatic rings. The van der Waals surface area contributed by atoms with Gasteiger partial charge in [0.05, 0.1) is 18.6 Å². The summed E-state index contributed by atoms with van der Waals surface area (Å²) < 4.78 is 10.6. The second-order valence-corrected chi connectivity index (χ2v) is 4.73. The molecule has 2 heterocycles. The van der Waals surface area contributed by atoms with Gasteiger partial charge in [-0.25, -0.2) is 0 Å². The summed E-state index contributed by atoms with van der Waals surface area (Å²) in [4.78, 5) is 12.0. The topological polar surface area (TPSA) is 47.6 Å². The number of hydrogen-bond acceptors (Lipinski definition) is 4. The average Bonchev–Trinajstić information content (AvgIpc) is 2.71. The molecule has 1 N–H and O–H groups in total. The summed E-state index contributed by atoms with van der Waals surface area (Å²) in [5, 5.41) is 3.25. The summed E-state index contributed by atoms with van der Waals surface area (Å²) >= 11 is 0. The Balaban J connectivity index is 1.87. The predicted octanol–water partition coefficient (Wildman–Crippen LogP) is 0.708. The summed E-state index contributed by atoms with van der Waals surface area (Å²) in [5.74, 6) is -0.0646. The number of piperidine rings is 1. The Morgan fingerprint density at radius 3 is 3.07 bits per heavy atom. The quantitative estimate of drug-likeness (QED) is 0.686. The van der Waals surface area contributed by atoms with E-state index in [4.69, 9.17) is 9.47 Å². The Hall–Kier alpha value is -0.610. The highest BCUT2D eigenvalue weighted by Gasteiger charge is 2.37. The van der Waals surface area contributed by atoms with Crippen molar-refractivity contribution >= 4 is 5.97 Å². The molecule has 15 heavy (non-hydrogen) atoms. The van der Waals surface area contributed by atoms with Crippen LogP contribution in [0.25, 0.3) is 0 Å². The van der Waals surface area contributed by atoms with Gasteiger partial charge in [-0.3, -0.25) is 4.79 Å². The lowest BCUT2D eigenvalue weighted by Crippen LogP contribution is -2.45. The number of carbonyl (C=O) groups excluding carboxylic acids is 1. The van der Waals surface area contributed by atoms with E-state index < -0.39 is 0 Å². The van der Waals surface area contributed by atoms with Gasteiger partial charge in [0.1, 0.15) is 6.10 Å². The minimum absolute atomic E-state index is 0.0174. The molecule has 0 aromatic heterocycles. The molecule has 0 bridgehead atoms. The van der Waals surface area contributed by atoms with Crippen LogP contribution in [0.5, 0.6) is 0 Å². The third kappa shape index (κ3) is 2.49. The molecule has 0 radical (unpaired) electrons. The number of ether oxygens (including phenoxy) is 2. The standard InChI is InChI=1S/C11H19NO3/c1-11(4-2-5-12-8-11)10(13)15-9-3-6-14-7-9/h9,12H,2-8H2,1H3. The number of esters is 1. The van der Waals surface area contributed by atoms with Crippen LogP contribution in [0, 0.1) is 5.41 Å². The lowest BCUT2D eigenvalue weighted by Gasteiger charge is -2.32. The van der Waals surface area contributed by atoms with Crippen molar-refractivity contribution in [1.29, 1.82) is 0 Å². The van der Waals surface area contributed by atoms with Crippen LogP contribution < -0.4 is 5.32 Å². The van der Waals surface area contributed by atoms with E-state index in [9.17, 15) is 4.79 Å². The maximum Gasteiger partial charge on any atom is 0.313 e. The van der Waals surface area contributed by atoms with E-state index in [0.717, 1.165) is 32.4 Å². The maximum atomic E-state index is 12.0. The summed E-state index contributed by atoms with van der Waals surface area (Å²) in [7, 11) is 0. The Kier molecular flexibility index (Phi) is 3.26. The first-order valence-corrected chi connectivity index (χ1v) is 5.70. The molecule has 2 saturated heterocycles. The summed E-state index contributed by atoms with van der Waals surface area (Å²) in [6.07, 6.45) is 2.80. The fraction of sp³-hybridized carbons (Fsp3) is 0.909. The molecule has 0 aliphatic carbocycles. The highest BCUT2D eigenvalue weighted by Crippen LogP contribution is 2.28. The molecule has 0 aromatic carbocycles. The molecule has 2 unspecified atom stereocenters. The average molecular weight is 213 g/mol. The Morgan fingerprint density at radius 2 is 2.47 bits per heavy atom. The predicted molar refractivity (Wildman–Crippen MR) is 55.5 cm³/mol. The molecule has 2 rings (SSSR count). The molecule has 0 spiro atoms. The Morgan fingerprint density at radius 1 is 1.60 bits per heavy atom. The van der Waals surface area contributed by atoms with Crippen molar-refractivity contribution in [1.82, 2.24) is 5.32 Å². The van der Waals surface area contributed by atoms with E-state index >= 15 is 0 Å². The Labute approximate surface area is 90.3 Å². The zero-order valence-corrected chi connectivity index (χ0v) is 9.25. The van der Waals surface area contributed by atoms with Crippen LogP contribution in [0.3, 0.4) is 0 Å². The van der Waals surface area contributed by atoms with E-state index in [1.165, 1.54) is 0 Å². The number of nitrogens with one attached hydrogen (secondary N) is 1. The minimum Gasteiger partial charge on any atom is -0.459 e. The van der Waals surface area contributed by atoms with Gasteiger partial charge in [0.25, 0.3) is 0 Å². The van der Waals surface area contributed by atoms with Crippen molar-refractivity contribution in [2.24, 2.45) is 5.41 Å². The SMILES string of the molecule is CC1(C(=O)OC2CCOC2)CCCNC1. The van der Waals surface area contributed by atoms with Gasteiger partial charge < -0.3 is 14.8 Å². The lowest BCUT2D eigenvalue weighted by molar-refractivity contribution is -0.161. The zero-order valence-electron chi connectivity index (χ0n) is 9.25. The summed E-state index contributed by atoms with van der Waals surface area (Å²) in [6.45, 7) is 5.01. The van der Waals surface area contributed by atoms with Gasteiger partial charge in [-0.1, -0.05) is 0 Å². The van der Waals surface area contributed by atoms with Crippen LogP contribution in [-0.2, 0) is 14.3 Å². The molecule has 2 aliphatic rings. The number of rotatable bonds is 2. The van der Waals surface area contributed by atoms with Crippen molar-refractivity contribution in [3.63, 3.8) is 0 Å². The van der Waals surface area contributed by atoms with Gasteiger partial charge >= 0.3 is 5.97 Å². The Bertz CT molecular complexity index is 230. The third-order valence-electron chi connectivity index (χ3n) is 3.25. The normalized spacial score (nSPS) is 36.5. The van der Waals surface area contributed by atoms with E-state index in [1.807, 2.05) is 6.92 Å². The van der Waals surface area contributed by atoms with Crippen molar-refractivity contribution in [2.45, 2.75) is 32.3 Å². The molecule has 2 aliphatic heterocycles. The maximum absolute atomic E-state index is 12.0. The molecule has 4 nitrogen and oxygen atoms in total. The van der Waals surface area contributed by atoms with Crippen LogP contribution >= 0.6 is 0 Å². The molecule has 4 heteroatoms. The first-order valence-electron chi connectivity index (χ1n) is 5.70. The van der Waals surface area contributed by atoms with Crippen molar-refractivity contribution in [3.05, 3.63) is 0 Å². The van der Waals surface area contributed by atoms with E-state index in [0.29, 0.717) is 13.2 Å². The molecule has 86 valence electrons. The lowest BCUT2D eigenvalue weighted by atomic mass is 9.83. The molecular formula is C11H19NO3. The summed E-state index contributed by atoms with van der Waals surface area (Å²) in [5.41, 5.74) is -0.332. The smallest absolute Gasteiger partial charge is 0.313 e. The second-order valence-electron chi connectivity index (χ2n) is 4.73. The van der Waals surface area contributed by atoms with E-state index in [2.05, 4.69) is 5.32 Å². The van der Waals surface area contributed by atoms with Crippen molar-refractivity contribution in [3.8, 4) is 0 Å². The molecule has 0 amide bonds. The largest absolute Gasteiger partial charge is 0.459 e. The van der Waals surface area contributed by atoms with Gasteiger partial charge in [-0.15, -0.1) is 0 Å². The van der Waals surface area contributed by atoms with Crippen molar-refractivity contribution in [2.75, 3.05) is 26.3 Å². The van der Waals surface area contributed by atoms with Crippen LogP contribution in [-0.4, -0.2) is 38.4 Å². The zero-order chi connectivity index (χ0) is 10.7. The van der Waals surface area contributed by atoms with Gasteiger partial charge in [0.15, 0.2) is 0 Å². The van der Waals surface area contributed by atoms with E-state index in [1.54, 1.807) is 0 Å². The molecule has 2 fully saturated rings. The first kappa shape index (κ1) is 10.9. The van der Waals surface area contributed by atoms with Gasteiger partial charge in [0.2, 0.25) is 0 Å². The number of hydrogen-bond donors (Lipinski definition) is 1. The van der Waals surface area contributed by atoms with Gasteiger partial charge in [-0.05, 0) is 26.3 Å². The van der Waals surface area contributed by atoms with Gasteiger partial charge in [0, 0.05) is 13.0 Å². The molecule has 0 saturated carbocycles.